The maximum Gasteiger partial charge on any atom is 0.139 e. The van der Waals surface area contributed by atoms with Crippen LogP contribution in [0.25, 0.3) is 10.9 Å². The molecule has 0 aliphatic carbocycles. The lowest BCUT2D eigenvalue weighted by Gasteiger charge is -1.96. The van der Waals surface area contributed by atoms with Crippen molar-refractivity contribution in [2.45, 2.75) is 6.92 Å². The molecule has 2 N–H and O–H groups in total. The van der Waals surface area contributed by atoms with E-state index in [-0.39, 0.29) is 0 Å². The molecule has 2 rings (SSSR count). The van der Waals surface area contributed by atoms with Gasteiger partial charge in [-0.15, -0.1) is 0 Å². The smallest absolute Gasteiger partial charge is 0.139 e. The topological polar surface area (TPSA) is 36.0 Å². The van der Waals surface area contributed by atoms with Crippen molar-refractivity contribution in [2.75, 3.05) is 0 Å². The van der Waals surface area contributed by atoms with Gasteiger partial charge in [0.05, 0.1) is 5.52 Å². The van der Waals surface area contributed by atoms with E-state index in [4.69, 9.17) is 0 Å². The average Bonchev–Trinajstić information content (AvgIpc) is 2.34. The highest BCUT2D eigenvalue weighted by Gasteiger charge is 1.99. The molecule has 0 atom stereocenters. The third-order valence-electron chi connectivity index (χ3n) is 1.78. The Morgan fingerprint density at radius 1 is 1.36 bits per heavy atom. The number of nitrogens with one attached hydrogen (secondary N) is 1. The number of hydrogen-bond acceptors (Lipinski definition) is 1. The van der Waals surface area contributed by atoms with E-state index in [0.717, 1.165) is 16.5 Å². The monoisotopic (exact) mass is 147 g/mol. The largest absolute Gasteiger partial charge is 0.506 e. The Labute approximate surface area is 64.5 Å². The quantitative estimate of drug-likeness (QED) is 0.588. The van der Waals surface area contributed by atoms with Crippen LogP contribution < -0.4 is 0 Å². The second kappa shape index (κ2) is 2.02. The van der Waals surface area contributed by atoms with E-state index in [0.29, 0.717) is 5.75 Å². The predicted octanol–water partition coefficient (Wildman–Crippen LogP) is 2.18. The summed E-state index contributed by atoms with van der Waals surface area (Å²) in [6.07, 6.45) is 1.82. The zero-order valence-corrected chi connectivity index (χ0v) is 6.26. The molecule has 0 bridgehead atoms. The Kier molecular flexibility index (Phi) is 1.15. The van der Waals surface area contributed by atoms with E-state index in [1.54, 1.807) is 6.07 Å². The van der Waals surface area contributed by atoms with E-state index in [1.165, 1.54) is 0 Å². The molecule has 1 heterocycles. The van der Waals surface area contributed by atoms with Crippen molar-refractivity contribution in [3.05, 3.63) is 30.0 Å². The summed E-state index contributed by atoms with van der Waals surface area (Å²) in [4.78, 5) is 2.97. The number of aromatic nitrogens is 1. The molecule has 56 valence electrons. The fourth-order valence-electron chi connectivity index (χ4n) is 1.30. The molecule has 0 unspecified atom stereocenters. The van der Waals surface area contributed by atoms with Gasteiger partial charge in [0.25, 0.3) is 0 Å². The molecule has 0 aliphatic rings. The third-order valence-corrected chi connectivity index (χ3v) is 1.78. The lowest BCUT2D eigenvalue weighted by atomic mass is 10.2. The van der Waals surface area contributed by atoms with Gasteiger partial charge in [-0.2, -0.15) is 0 Å². The first-order valence-corrected chi connectivity index (χ1v) is 3.54. The van der Waals surface area contributed by atoms with E-state index in [2.05, 4.69) is 4.98 Å². The van der Waals surface area contributed by atoms with Gasteiger partial charge in [0.1, 0.15) is 5.75 Å². The molecular formula is C9H9NO. The lowest BCUT2D eigenvalue weighted by Crippen LogP contribution is -1.73. The average molecular weight is 147 g/mol. The maximum absolute atomic E-state index is 9.41. The number of aromatic amines is 1. The Balaban J connectivity index is 2.91. The second-order valence-electron chi connectivity index (χ2n) is 2.73. The van der Waals surface area contributed by atoms with Crippen LogP contribution in [0.5, 0.6) is 5.75 Å². The summed E-state index contributed by atoms with van der Waals surface area (Å²) >= 11 is 0. The summed E-state index contributed by atoms with van der Waals surface area (Å²) in [6, 6.07) is 5.73. The van der Waals surface area contributed by atoms with Crippen LogP contribution in [-0.2, 0) is 0 Å². The van der Waals surface area contributed by atoms with E-state index < -0.39 is 0 Å². The zero-order valence-electron chi connectivity index (χ0n) is 6.26. The first-order valence-electron chi connectivity index (χ1n) is 3.54. The van der Waals surface area contributed by atoms with Gasteiger partial charge in [-0.1, -0.05) is 0 Å². The summed E-state index contributed by atoms with van der Waals surface area (Å²) in [7, 11) is 0. The number of benzene rings is 1. The fourth-order valence-corrected chi connectivity index (χ4v) is 1.30. The molecule has 2 aromatic rings. The molecule has 0 saturated carbocycles. The minimum atomic E-state index is 0.324. The SMILES string of the molecule is Cc1cc(O)c2[nH]ccc2c1. The molecule has 2 heteroatoms. The number of aryl methyl sites for hydroxylation is 1. The molecule has 11 heavy (non-hydrogen) atoms. The molecule has 1 aromatic carbocycles. The van der Waals surface area contributed by atoms with Gasteiger partial charge in [-0.25, -0.2) is 0 Å². The van der Waals surface area contributed by atoms with Crippen molar-refractivity contribution in [1.82, 2.24) is 4.98 Å². The van der Waals surface area contributed by atoms with Crippen LogP contribution in [0.4, 0.5) is 0 Å². The van der Waals surface area contributed by atoms with E-state index in [1.807, 2.05) is 25.3 Å². The predicted molar refractivity (Wildman–Crippen MR) is 44.7 cm³/mol. The Morgan fingerprint density at radius 2 is 2.18 bits per heavy atom. The number of phenolic OH excluding ortho intramolecular Hbond substituents is 1. The number of aromatic hydroxyl groups is 1. The van der Waals surface area contributed by atoms with Crippen molar-refractivity contribution in [2.24, 2.45) is 0 Å². The van der Waals surface area contributed by atoms with Crippen molar-refractivity contribution >= 4 is 10.9 Å². The minimum absolute atomic E-state index is 0.324. The summed E-state index contributed by atoms with van der Waals surface area (Å²) in [5.74, 6) is 0.324. The summed E-state index contributed by atoms with van der Waals surface area (Å²) in [5, 5.41) is 10.5. The van der Waals surface area contributed by atoms with Crippen molar-refractivity contribution in [1.29, 1.82) is 0 Å². The van der Waals surface area contributed by atoms with Crippen LogP contribution in [0.15, 0.2) is 24.4 Å². The van der Waals surface area contributed by atoms with Crippen LogP contribution in [0.1, 0.15) is 5.56 Å². The van der Waals surface area contributed by atoms with E-state index >= 15 is 0 Å². The first-order chi connectivity index (χ1) is 5.27. The number of H-pyrrole nitrogens is 1. The van der Waals surface area contributed by atoms with Crippen LogP contribution in [-0.4, -0.2) is 10.1 Å². The highest BCUT2D eigenvalue weighted by molar-refractivity contribution is 5.85. The molecular weight excluding hydrogens is 138 g/mol. The van der Waals surface area contributed by atoms with Gasteiger partial charge in [-0.05, 0) is 30.7 Å². The molecule has 0 aliphatic heterocycles. The number of phenols is 1. The van der Waals surface area contributed by atoms with Gasteiger partial charge < -0.3 is 10.1 Å². The van der Waals surface area contributed by atoms with Crippen LogP contribution in [0, 0.1) is 6.92 Å². The second-order valence-corrected chi connectivity index (χ2v) is 2.73. The number of fused-ring (bicyclic) bond motifs is 1. The van der Waals surface area contributed by atoms with Crippen molar-refractivity contribution in [3.8, 4) is 5.75 Å². The molecule has 0 radical (unpaired) electrons. The summed E-state index contributed by atoms with van der Waals surface area (Å²) in [6.45, 7) is 1.96. The Morgan fingerprint density at radius 3 is 3.00 bits per heavy atom. The third kappa shape index (κ3) is 0.871. The molecule has 0 fully saturated rings. The zero-order chi connectivity index (χ0) is 7.84. The number of hydrogen-bond donors (Lipinski definition) is 2. The maximum atomic E-state index is 9.41. The van der Waals surface area contributed by atoms with Crippen molar-refractivity contribution in [3.63, 3.8) is 0 Å². The van der Waals surface area contributed by atoms with Crippen LogP contribution in [0.2, 0.25) is 0 Å². The minimum Gasteiger partial charge on any atom is -0.506 e. The Bertz CT molecular complexity index is 389. The molecule has 0 amide bonds. The highest BCUT2D eigenvalue weighted by Crippen LogP contribution is 2.24. The molecule has 1 aromatic heterocycles. The standard InChI is InChI=1S/C9H9NO/c1-6-4-7-2-3-10-9(7)8(11)5-6/h2-5,10-11H,1H3. The van der Waals surface area contributed by atoms with E-state index in [9.17, 15) is 5.11 Å². The summed E-state index contributed by atoms with van der Waals surface area (Å²) < 4.78 is 0. The van der Waals surface area contributed by atoms with Gasteiger partial charge >= 0.3 is 0 Å². The van der Waals surface area contributed by atoms with Crippen molar-refractivity contribution < 1.29 is 5.11 Å². The lowest BCUT2D eigenvalue weighted by molar-refractivity contribution is 0.480. The fraction of sp³-hybridized carbons (Fsp3) is 0.111. The molecule has 0 spiro atoms. The van der Waals surface area contributed by atoms with Gasteiger partial charge in [-0.3, -0.25) is 0 Å². The highest BCUT2D eigenvalue weighted by atomic mass is 16.3. The van der Waals surface area contributed by atoms with Crippen LogP contribution in [0.3, 0.4) is 0 Å². The van der Waals surface area contributed by atoms with Gasteiger partial charge in [0.2, 0.25) is 0 Å². The normalized spacial score (nSPS) is 10.6. The van der Waals surface area contributed by atoms with Gasteiger partial charge in [0, 0.05) is 11.6 Å². The Hall–Kier alpha value is -1.44. The first kappa shape index (κ1) is 6.28. The number of rotatable bonds is 0. The van der Waals surface area contributed by atoms with Crippen LogP contribution >= 0.6 is 0 Å². The molecule has 0 saturated heterocycles. The molecule has 2 nitrogen and oxygen atoms in total. The summed E-state index contributed by atoms with van der Waals surface area (Å²) in [5.41, 5.74) is 1.89. The van der Waals surface area contributed by atoms with Gasteiger partial charge in [0.15, 0.2) is 0 Å².